The second kappa shape index (κ2) is 15.4. The number of unbranched alkanes of at least 4 members (excludes halogenated alkanes) is 3. The molecule has 0 radical (unpaired) electrons. The van der Waals surface area contributed by atoms with Crippen molar-refractivity contribution in [3.63, 3.8) is 0 Å². The van der Waals surface area contributed by atoms with Crippen LogP contribution in [0.1, 0.15) is 48.5 Å². The molecule has 4 aromatic carbocycles. The molecule has 0 aliphatic heterocycles. The first kappa shape index (κ1) is 33.7. The maximum atomic E-state index is 12.6. The molecule has 0 unspecified atom stereocenters. The van der Waals surface area contributed by atoms with Crippen molar-refractivity contribution >= 4 is 27.5 Å². The van der Waals surface area contributed by atoms with E-state index in [-0.39, 0.29) is 5.91 Å². The number of methoxy groups -OCH3 is 2. The molecule has 0 saturated heterocycles. The molecule has 9 heteroatoms. The summed E-state index contributed by atoms with van der Waals surface area (Å²) in [4.78, 5) is 17.4. The van der Waals surface area contributed by atoms with Crippen LogP contribution in [0.25, 0.3) is 43.3 Å². The molecule has 0 aliphatic carbocycles. The van der Waals surface area contributed by atoms with E-state index in [4.69, 9.17) is 23.9 Å². The Hall–Kier alpha value is -5.15. The number of rotatable bonds is 14. The number of aryl methyl sites for hydroxylation is 1. The highest BCUT2D eigenvalue weighted by Crippen LogP contribution is 2.36. The highest BCUT2D eigenvalue weighted by atomic mass is 32.1. The molecule has 252 valence electrons. The molecule has 0 saturated carbocycles. The predicted molar refractivity (Wildman–Crippen MR) is 196 cm³/mol. The third kappa shape index (κ3) is 7.78. The maximum absolute atomic E-state index is 12.6. The molecule has 6 rings (SSSR count). The Labute approximate surface area is 291 Å². The van der Waals surface area contributed by atoms with Crippen molar-refractivity contribution in [2.24, 2.45) is 0 Å². The van der Waals surface area contributed by atoms with Gasteiger partial charge in [-0.05, 0) is 111 Å². The molecule has 0 bridgehead atoms. The molecule has 2 heterocycles. The van der Waals surface area contributed by atoms with Gasteiger partial charge < -0.3 is 18.9 Å². The van der Waals surface area contributed by atoms with Gasteiger partial charge in [0.15, 0.2) is 11.5 Å². The fraction of sp³-hybridized carbons (Fsp3) is 0.275. The van der Waals surface area contributed by atoms with Gasteiger partial charge in [0.25, 0.3) is 0 Å². The first-order valence-corrected chi connectivity index (χ1v) is 17.3. The monoisotopic (exact) mass is 675 g/mol. The van der Waals surface area contributed by atoms with Gasteiger partial charge in [-0.15, -0.1) is 11.3 Å². The zero-order valence-electron chi connectivity index (χ0n) is 28.6. The number of nitrogens with zero attached hydrogens (tertiary/aromatic N) is 3. The molecule has 2 aromatic heterocycles. The number of carbonyl (C=O) groups is 1. The number of hydrogen-bond donors (Lipinski definition) is 0. The molecule has 0 atom stereocenters. The molecule has 0 amide bonds. The zero-order chi connectivity index (χ0) is 34.3. The number of ether oxygens (including phenoxy) is 4. The van der Waals surface area contributed by atoms with Gasteiger partial charge in [-0.25, -0.2) is 4.98 Å². The predicted octanol–water partition coefficient (Wildman–Crippen LogP) is 9.81. The van der Waals surface area contributed by atoms with Crippen LogP contribution in [-0.4, -0.2) is 48.1 Å². The first-order valence-electron chi connectivity index (χ1n) is 16.5. The van der Waals surface area contributed by atoms with E-state index in [1.54, 1.807) is 25.6 Å². The summed E-state index contributed by atoms with van der Waals surface area (Å²) in [5.74, 6) is 2.73. The number of para-hydroxylation sites is 1. The van der Waals surface area contributed by atoms with Crippen molar-refractivity contribution < 1.29 is 23.7 Å². The Morgan fingerprint density at radius 2 is 1.49 bits per heavy atom. The van der Waals surface area contributed by atoms with Crippen LogP contribution in [0.2, 0.25) is 0 Å². The number of carbonyl (C=O) groups excluding carboxylic acids is 1. The zero-order valence-corrected chi connectivity index (χ0v) is 29.4. The second-order valence-corrected chi connectivity index (χ2v) is 13.0. The van der Waals surface area contributed by atoms with Crippen LogP contribution in [-0.2, 0) is 0 Å². The van der Waals surface area contributed by atoms with Crippen molar-refractivity contribution in [2.45, 2.75) is 46.5 Å². The van der Waals surface area contributed by atoms with Crippen molar-refractivity contribution in [3.05, 3.63) is 96.1 Å². The van der Waals surface area contributed by atoms with Gasteiger partial charge in [-0.3, -0.25) is 4.79 Å². The minimum atomic E-state index is -0.180. The van der Waals surface area contributed by atoms with Crippen LogP contribution in [0.5, 0.6) is 23.0 Å². The van der Waals surface area contributed by atoms with Gasteiger partial charge in [-0.2, -0.15) is 9.78 Å². The lowest BCUT2D eigenvalue weighted by molar-refractivity contribution is 0.0923. The molecule has 8 nitrogen and oxygen atoms in total. The molecule has 0 aliphatic rings. The van der Waals surface area contributed by atoms with E-state index in [1.165, 1.54) is 16.3 Å². The van der Waals surface area contributed by atoms with Gasteiger partial charge >= 0.3 is 0 Å². The van der Waals surface area contributed by atoms with E-state index in [2.05, 4.69) is 29.4 Å². The summed E-state index contributed by atoms with van der Waals surface area (Å²) in [6.07, 6.45) is 3.89. The lowest BCUT2D eigenvalue weighted by Crippen LogP contribution is -2.09. The van der Waals surface area contributed by atoms with E-state index in [9.17, 15) is 4.79 Å². The molecular weight excluding hydrogens is 635 g/mol. The van der Waals surface area contributed by atoms with Gasteiger partial charge in [0, 0.05) is 23.6 Å². The standard InChI is InChI=1S/C40H41N3O5S/c1-26-21-31(24-37(46-5)27(26)2)34-25-35(43(42-34)28(3)44)29-17-18-36(45-4)38(23-29)48-20-11-7-6-10-19-47-32-14-12-13-30(22-32)40-41-33-15-8-9-16-39(33)49-40/h8-9,12-18,21-25H,6-7,10-11,19-20H2,1-5H3. The van der Waals surface area contributed by atoms with Crippen LogP contribution < -0.4 is 18.9 Å². The highest BCUT2D eigenvalue weighted by Gasteiger charge is 2.18. The summed E-state index contributed by atoms with van der Waals surface area (Å²) in [6.45, 7) is 6.77. The van der Waals surface area contributed by atoms with E-state index in [0.29, 0.717) is 36.1 Å². The van der Waals surface area contributed by atoms with Crippen LogP contribution in [0.4, 0.5) is 0 Å². The molecule has 6 aromatic rings. The molecule has 49 heavy (non-hydrogen) atoms. The Morgan fingerprint density at radius 3 is 2.24 bits per heavy atom. The van der Waals surface area contributed by atoms with Crippen LogP contribution in [0, 0.1) is 13.8 Å². The Bertz CT molecular complexity index is 2050. The summed E-state index contributed by atoms with van der Waals surface area (Å²) < 4.78 is 26.1. The van der Waals surface area contributed by atoms with E-state index in [0.717, 1.165) is 75.5 Å². The average Bonchev–Trinajstić information content (AvgIpc) is 3.76. The summed E-state index contributed by atoms with van der Waals surface area (Å²) >= 11 is 1.69. The Kier molecular flexibility index (Phi) is 10.6. The lowest BCUT2D eigenvalue weighted by atomic mass is 10.0. The van der Waals surface area contributed by atoms with Crippen LogP contribution in [0.3, 0.4) is 0 Å². The summed E-state index contributed by atoms with van der Waals surface area (Å²) in [7, 11) is 3.28. The number of benzene rings is 4. The minimum absolute atomic E-state index is 0.180. The number of aromatic nitrogens is 3. The average molecular weight is 676 g/mol. The quantitative estimate of drug-likeness (QED) is 0.106. The fourth-order valence-electron chi connectivity index (χ4n) is 5.75. The molecular formula is C40H41N3O5S. The van der Waals surface area contributed by atoms with Crippen molar-refractivity contribution in [1.82, 2.24) is 14.8 Å². The third-order valence-electron chi connectivity index (χ3n) is 8.54. The second-order valence-electron chi connectivity index (χ2n) is 12.0. The maximum Gasteiger partial charge on any atom is 0.244 e. The summed E-state index contributed by atoms with van der Waals surface area (Å²) in [5, 5.41) is 5.66. The number of thiazole rings is 1. The topological polar surface area (TPSA) is 84.7 Å². The lowest BCUT2D eigenvalue weighted by Gasteiger charge is -2.13. The van der Waals surface area contributed by atoms with Crippen molar-refractivity contribution in [2.75, 3.05) is 27.4 Å². The van der Waals surface area contributed by atoms with Crippen LogP contribution in [0.15, 0.2) is 84.9 Å². The smallest absolute Gasteiger partial charge is 0.244 e. The third-order valence-corrected chi connectivity index (χ3v) is 9.63. The van der Waals surface area contributed by atoms with Crippen molar-refractivity contribution in [3.8, 4) is 56.1 Å². The van der Waals surface area contributed by atoms with E-state index < -0.39 is 0 Å². The first-order chi connectivity index (χ1) is 23.8. The van der Waals surface area contributed by atoms with Crippen LogP contribution >= 0.6 is 11.3 Å². The van der Waals surface area contributed by atoms with E-state index in [1.807, 2.05) is 74.5 Å². The van der Waals surface area contributed by atoms with Gasteiger partial charge in [0.1, 0.15) is 16.5 Å². The fourth-order valence-corrected chi connectivity index (χ4v) is 6.71. The SMILES string of the molecule is COc1ccc(-c2cc(-c3cc(C)c(C)c(OC)c3)nn2C(C)=O)cc1OCCCCCCOc1cccc(-c2nc3ccccc3s2)c1. The summed E-state index contributed by atoms with van der Waals surface area (Å²) in [5.41, 5.74) is 7.32. The summed E-state index contributed by atoms with van der Waals surface area (Å²) in [6, 6.07) is 28.0. The molecule has 0 N–H and O–H groups in total. The number of fused-ring (bicyclic) bond motifs is 1. The van der Waals surface area contributed by atoms with Gasteiger partial charge in [0.2, 0.25) is 5.91 Å². The van der Waals surface area contributed by atoms with Gasteiger partial charge in [0.05, 0.1) is 49.0 Å². The van der Waals surface area contributed by atoms with Gasteiger partial charge in [-0.1, -0.05) is 24.3 Å². The Balaban J connectivity index is 1.03. The normalized spacial score (nSPS) is 11.1. The van der Waals surface area contributed by atoms with E-state index >= 15 is 0 Å². The Morgan fingerprint density at radius 1 is 0.735 bits per heavy atom. The largest absolute Gasteiger partial charge is 0.496 e. The minimum Gasteiger partial charge on any atom is -0.496 e. The molecule has 0 spiro atoms. The molecule has 0 fully saturated rings. The van der Waals surface area contributed by atoms with Crippen molar-refractivity contribution in [1.29, 1.82) is 0 Å². The number of hydrogen-bond acceptors (Lipinski definition) is 8. The highest BCUT2D eigenvalue weighted by molar-refractivity contribution is 7.21.